The molecule has 2 rings (SSSR count). The number of rotatable bonds is 2. The highest BCUT2D eigenvalue weighted by Crippen LogP contribution is 2.34. The Labute approximate surface area is 111 Å². The predicted molar refractivity (Wildman–Crippen MR) is 69.6 cm³/mol. The van der Waals surface area contributed by atoms with Crippen molar-refractivity contribution in [3.63, 3.8) is 0 Å². The van der Waals surface area contributed by atoms with E-state index in [1.807, 2.05) is 0 Å². The van der Waals surface area contributed by atoms with Crippen LogP contribution in [0.5, 0.6) is 0 Å². The number of esters is 1. The smallest absolute Gasteiger partial charge is 0.338 e. The van der Waals surface area contributed by atoms with E-state index in [2.05, 4.69) is 20.7 Å². The van der Waals surface area contributed by atoms with Gasteiger partial charge in [0.1, 0.15) is 0 Å². The van der Waals surface area contributed by atoms with Crippen molar-refractivity contribution in [1.82, 2.24) is 0 Å². The maximum absolute atomic E-state index is 11.7. The zero-order chi connectivity index (χ0) is 13.3. The molecule has 0 saturated heterocycles. The quantitative estimate of drug-likeness (QED) is 0.485. The molecule has 0 fully saturated rings. The summed E-state index contributed by atoms with van der Waals surface area (Å²) in [5.74, 6) is -0.596. The van der Waals surface area contributed by atoms with Gasteiger partial charge in [-0.25, -0.2) is 4.79 Å². The van der Waals surface area contributed by atoms with Gasteiger partial charge in [-0.05, 0) is 12.1 Å². The summed E-state index contributed by atoms with van der Waals surface area (Å²) >= 11 is 3.31. The van der Waals surface area contributed by atoms with Crippen molar-refractivity contribution in [3.05, 3.63) is 50.5 Å². The lowest BCUT2D eigenvalue weighted by Gasteiger charge is -2.06. The predicted octanol–water partition coefficient (Wildman–Crippen LogP) is 3.30. The first kappa shape index (κ1) is 12.5. The van der Waals surface area contributed by atoms with Crippen molar-refractivity contribution in [2.75, 3.05) is 7.11 Å². The van der Waals surface area contributed by atoms with E-state index in [9.17, 15) is 14.9 Å². The average Bonchev–Trinajstić information content (AvgIpc) is 2.37. The van der Waals surface area contributed by atoms with Gasteiger partial charge in [0.2, 0.25) is 0 Å². The molecule has 0 aliphatic heterocycles. The van der Waals surface area contributed by atoms with Gasteiger partial charge in [-0.15, -0.1) is 0 Å². The monoisotopic (exact) mass is 309 g/mol. The van der Waals surface area contributed by atoms with Crippen LogP contribution in [0.25, 0.3) is 10.8 Å². The standard InChI is InChI=1S/C12H8BrNO4/c1-18-12(15)8-4-2-3-7-9(13)5-6-10(11(7)8)14(16)17/h2-6H,1H3. The molecule has 5 nitrogen and oxygen atoms in total. The highest BCUT2D eigenvalue weighted by molar-refractivity contribution is 9.10. The second-order valence-electron chi connectivity index (χ2n) is 3.54. The number of nitrogens with zero attached hydrogens (tertiary/aromatic N) is 1. The Hall–Kier alpha value is -1.95. The summed E-state index contributed by atoms with van der Waals surface area (Å²) < 4.78 is 5.33. The summed E-state index contributed by atoms with van der Waals surface area (Å²) in [5, 5.41) is 11.9. The van der Waals surface area contributed by atoms with Gasteiger partial charge < -0.3 is 4.74 Å². The van der Waals surface area contributed by atoms with E-state index in [1.165, 1.54) is 19.2 Å². The first-order valence-electron chi connectivity index (χ1n) is 5.00. The van der Waals surface area contributed by atoms with Crippen LogP contribution >= 0.6 is 15.9 Å². The topological polar surface area (TPSA) is 69.4 Å². The average molecular weight is 310 g/mol. The molecule has 0 aliphatic rings. The number of hydrogen-bond acceptors (Lipinski definition) is 4. The maximum atomic E-state index is 11.7. The molecule has 0 aromatic heterocycles. The Bertz CT molecular complexity index is 654. The van der Waals surface area contributed by atoms with Gasteiger partial charge in [0, 0.05) is 15.9 Å². The first-order chi connectivity index (χ1) is 8.56. The third-order valence-corrected chi connectivity index (χ3v) is 3.26. The third-order valence-electron chi connectivity index (χ3n) is 2.57. The molecule has 0 saturated carbocycles. The Morgan fingerprint density at radius 1 is 1.33 bits per heavy atom. The molecule has 0 unspecified atom stereocenters. The molecule has 0 amide bonds. The van der Waals surface area contributed by atoms with Crippen molar-refractivity contribution >= 4 is 38.4 Å². The van der Waals surface area contributed by atoms with Crippen molar-refractivity contribution in [3.8, 4) is 0 Å². The first-order valence-corrected chi connectivity index (χ1v) is 5.79. The van der Waals surface area contributed by atoms with Crippen LogP contribution in [-0.4, -0.2) is 18.0 Å². The number of benzene rings is 2. The van der Waals surface area contributed by atoms with E-state index >= 15 is 0 Å². The Kier molecular flexibility index (Phi) is 3.29. The minimum atomic E-state index is -0.596. The van der Waals surface area contributed by atoms with Crippen molar-refractivity contribution in [2.45, 2.75) is 0 Å². The fourth-order valence-corrected chi connectivity index (χ4v) is 2.25. The van der Waals surface area contributed by atoms with Crippen LogP contribution in [0.4, 0.5) is 5.69 Å². The van der Waals surface area contributed by atoms with Crippen LogP contribution < -0.4 is 0 Å². The molecule has 2 aromatic rings. The lowest BCUT2D eigenvalue weighted by Crippen LogP contribution is -2.03. The largest absolute Gasteiger partial charge is 0.465 e. The normalized spacial score (nSPS) is 10.3. The van der Waals surface area contributed by atoms with Crippen molar-refractivity contribution in [2.24, 2.45) is 0 Å². The second kappa shape index (κ2) is 4.73. The molecule has 18 heavy (non-hydrogen) atoms. The van der Waals surface area contributed by atoms with E-state index in [1.54, 1.807) is 18.2 Å². The lowest BCUT2D eigenvalue weighted by atomic mass is 10.0. The molecule has 0 radical (unpaired) electrons. The second-order valence-corrected chi connectivity index (χ2v) is 4.40. The third kappa shape index (κ3) is 1.95. The van der Waals surface area contributed by atoms with Crippen LogP contribution in [-0.2, 0) is 4.74 Å². The lowest BCUT2D eigenvalue weighted by molar-refractivity contribution is -0.383. The molecule has 0 heterocycles. The number of carbonyl (C=O) groups excluding carboxylic acids is 1. The Morgan fingerprint density at radius 2 is 2.06 bits per heavy atom. The van der Waals surface area contributed by atoms with Gasteiger partial charge >= 0.3 is 5.97 Å². The summed E-state index contributed by atoms with van der Waals surface area (Å²) in [7, 11) is 1.24. The number of fused-ring (bicyclic) bond motifs is 1. The van der Waals surface area contributed by atoms with Crippen LogP contribution in [0, 0.1) is 10.1 Å². The van der Waals surface area contributed by atoms with Gasteiger partial charge in [0.25, 0.3) is 5.69 Å². The minimum Gasteiger partial charge on any atom is -0.465 e. The van der Waals surface area contributed by atoms with Crippen LogP contribution in [0.1, 0.15) is 10.4 Å². The van der Waals surface area contributed by atoms with Crippen molar-refractivity contribution in [1.29, 1.82) is 0 Å². The van der Waals surface area contributed by atoms with Crippen LogP contribution in [0.15, 0.2) is 34.8 Å². The molecule has 0 aliphatic carbocycles. The number of halogens is 1. The summed E-state index contributed by atoms with van der Waals surface area (Å²) in [6, 6.07) is 7.82. The van der Waals surface area contributed by atoms with E-state index in [4.69, 9.17) is 0 Å². The molecule has 0 bridgehead atoms. The van der Waals surface area contributed by atoms with Crippen LogP contribution in [0.2, 0.25) is 0 Å². The molecule has 0 atom stereocenters. The number of ether oxygens (including phenoxy) is 1. The zero-order valence-corrected chi connectivity index (χ0v) is 10.9. The summed E-state index contributed by atoms with van der Waals surface area (Å²) in [6.07, 6.45) is 0. The van der Waals surface area contributed by atoms with Gasteiger partial charge in [-0.3, -0.25) is 10.1 Å². The van der Waals surface area contributed by atoms with E-state index < -0.39 is 10.9 Å². The molecule has 0 spiro atoms. The van der Waals surface area contributed by atoms with Crippen LogP contribution in [0.3, 0.4) is 0 Å². The highest BCUT2D eigenvalue weighted by Gasteiger charge is 2.20. The van der Waals surface area contributed by atoms with Crippen molar-refractivity contribution < 1.29 is 14.5 Å². The molecular weight excluding hydrogens is 302 g/mol. The summed E-state index contributed by atoms with van der Waals surface area (Å²) in [5.41, 5.74) is 0.0669. The molecule has 0 N–H and O–H groups in total. The SMILES string of the molecule is COC(=O)c1cccc2c(Br)ccc([N+](=O)[O-])c12. The number of methoxy groups -OCH3 is 1. The van der Waals surface area contributed by atoms with Gasteiger partial charge in [-0.2, -0.15) is 0 Å². The highest BCUT2D eigenvalue weighted by atomic mass is 79.9. The van der Waals surface area contributed by atoms with Gasteiger partial charge in [0.05, 0.1) is 23.0 Å². The fraction of sp³-hybridized carbons (Fsp3) is 0.0833. The molecule has 92 valence electrons. The summed E-state index contributed by atoms with van der Waals surface area (Å²) in [4.78, 5) is 22.2. The molecule has 2 aromatic carbocycles. The fourth-order valence-electron chi connectivity index (χ4n) is 1.78. The zero-order valence-electron chi connectivity index (χ0n) is 9.34. The molecule has 6 heteroatoms. The number of hydrogen-bond donors (Lipinski definition) is 0. The molecular formula is C12H8BrNO4. The van der Waals surface area contributed by atoms with Gasteiger partial charge in [-0.1, -0.05) is 28.1 Å². The van der Waals surface area contributed by atoms with E-state index in [0.29, 0.717) is 9.86 Å². The number of nitro benzene ring substituents is 1. The Morgan fingerprint density at radius 3 is 2.67 bits per heavy atom. The number of non-ortho nitro benzene ring substituents is 1. The Balaban J connectivity index is 2.92. The number of carbonyl (C=O) groups is 1. The minimum absolute atomic E-state index is 0.116. The van der Waals surface area contributed by atoms with E-state index in [-0.39, 0.29) is 16.6 Å². The maximum Gasteiger partial charge on any atom is 0.338 e. The van der Waals surface area contributed by atoms with E-state index in [0.717, 1.165) is 0 Å². The summed E-state index contributed by atoms with van der Waals surface area (Å²) in [6.45, 7) is 0. The number of nitro groups is 1. The van der Waals surface area contributed by atoms with Gasteiger partial charge in [0.15, 0.2) is 0 Å².